The highest BCUT2D eigenvalue weighted by Gasteiger charge is 2.30. The second kappa shape index (κ2) is 7.24. The maximum absolute atomic E-state index is 5.75. The van der Waals surface area contributed by atoms with E-state index in [9.17, 15) is 0 Å². The number of thiophene rings is 1. The molecule has 3 nitrogen and oxygen atoms in total. The van der Waals surface area contributed by atoms with Gasteiger partial charge in [0.2, 0.25) is 0 Å². The molecule has 0 radical (unpaired) electrons. The van der Waals surface area contributed by atoms with Crippen molar-refractivity contribution in [3.8, 4) is 0 Å². The molecule has 0 spiro atoms. The molecule has 2 unspecified atom stereocenters. The van der Waals surface area contributed by atoms with Gasteiger partial charge in [0.05, 0.1) is 12.1 Å². The van der Waals surface area contributed by atoms with Gasteiger partial charge in [-0.3, -0.25) is 11.3 Å². The van der Waals surface area contributed by atoms with Crippen molar-refractivity contribution in [2.75, 3.05) is 7.11 Å². The molecule has 1 aromatic heterocycles. The minimum Gasteiger partial charge on any atom is -0.379 e. The molecule has 0 aromatic carbocycles. The fraction of sp³-hybridized carbons (Fsp3) is 0.714. The molecular formula is C14H24N2OS. The van der Waals surface area contributed by atoms with Gasteiger partial charge in [0.1, 0.15) is 0 Å². The van der Waals surface area contributed by atoms with E-state index in [0.29, 0.717) is 5.92 Å². The lowest BCUT2D eigenvalue weighted by atomic mass is 9.81. The Hall–Kier alpha value is -0.420. The molecule has 4 heteroatoms. The van der Waals surface area contributed by atoms with Gasteiger partial charge in [0, 0.05) is 7.11 Å². The van der Waals surface area contributed by atoms with Crippen LogP contribution in [0.1, 0.15) is 37.7 Å². The highest BCUT2D eigenvalue weighted by Crippen LogP contribution is 2.30. The van der Waals surface area contributed by atoms with Crippen LogP contribution in [-0.2, 0) is 11.2 Å². The topological polar surface area (TPSA) is 47.3 Å². The van der Waals surface area contributed by atoms with Crippen molar-refractivity contribution >= 4 is 11.3 Å². The lowest BCUT2D eigenvalue weighted by Gasteiger charge is -2.34. The fourth-order valence-corrected chi connectivity index (χ4v) is 3.76. The molecule has 1 saturated carbocycles. The summed E-state index contributed by atoms with van der Waals surface area (Å²) in [5, 5.41) is 4.31. The van der Waals surface area contributed by atoms with Gasteiger partial charge >= 0.3 is 0 Å². The van der Waals surface area contributed by atoms with Crippen LogP contribution in [-0.4, -0.2) is 19.3 Å². The van der Waals surface area contributed by atoms with E-state index in [-0.39, 0.29) is 12.1 Å². The van der Waals surface area contributed by atoms with Crippen molar-refractivity contribution in [3.05, 3.63) is 22.4 Å². The normalized spacial score (nSPS) is 20.8. The molecule has 0 aliphatic heterocycles. The van der Waals surface area contributed by atoms with E-state index in [0.717, 1.165) is 6.42 Å². The Balaban J connectivity index is 1.98. The molecular weight excluding hydrogens is 244 g/mol. The highest BCUT2D eigenvalue weighted by atomic mass is 32.1. The Morgan fingerprint density at radius 3 is 2.78 bits per heavy atom. The number of hydrogen-bond acceptors (Lipinski definition) is 4. The number of rotatable bonds is 6. The Bertz CT molecular complexity index is 323. The molecule has 1 aliphatic rings. The molecule has 1 heterocycles. The van der Waals surface area contributed by atoms with Crippen LogP contribution in [0.4, 0.5) is 0 Å². The minimum atomic E-state index is 0.215. The van der Waals surface area contributed by atoms with Gasteiger partial charge in [-0.2, -0.15) is 11.3 Å². The largest absolute Gasteiger partial charge is 0.379 e. The third kappa shape index (κ3) is 3.54. The summed E-state index contributed by atoms with van der Waals surface area (Å²) in [5.74, 6) is 6.40. The average molecular weight is 268 g/mol. The van der Waals surface area contributed by atoms with E-state index in [1.165, 1.54) is 37.7 Å². The highest BCUT2D eigenvalue weighted by molar-refractivity contribution is 7.07. The molecule has 2 rings (SSSR count). The standard InChI is InChI=1S/C14H24N2OS/c1-17-14(12-5-3-2-4-6-12)13(16-15)9-11-7-8-18-10-11/h7-8,10,12-14,16H,2-6,9,15H2,1H3. The van der Waals surface area contributed by atoms with Crippen LogP contribution < -0.4 is 11.3 Å². The van der Waals surface area contributed by atoms with Crippen LogP contribution in [0.15, 0.2) is 16.8 Å². The Kier molecular flexibility index (Phi) is 5.63. The molecule has 102 valence electrons. The third-order valence-corrected chi connectivity index (χ3v) is 4.77. The Labute approximate surface area is 114 Å². The quantitative estimate of drug-likeness (QED) is 0.616. The lowest BCUT2D eigenvalue weighted by Crippen LogP contribution is -2.49. The van der Waals surface area contributed by atoms with E-state index in [2.05, 4.69) is 22.3 Å². The number of nitrogens with two attached hydrogens (primary N) is 1. The first-order chi connectivity index (χ1) is 8.85. The van der Waals surface area contributed by atoms with Crippen molar-refractivity contribution in [2.24, 2.45) is 11.8 Å². The summed E-state index contributed by atoms with van der Waals surface area (Å²) in [6.45, 7) is 0. The fourth-order valence-electron chi connectivity index (χ4n) is 3.08. The van der Waals surface area contributed by atoms with Gasteiger partial charge in [-0.05, 0) is 47.6 Å². The molecule has 3 N–H and O–H groups in total. The van der Waals surface area contributed by atoms with Gasteiger partial charge < -0.3 is 4.74 Å². The van der Waals surface area contributed by atoms with Crippen LogP contribution >= 0.6 is 11.3 Å². The third-order valence-electron chi connectivity index (χ3n) is 4.03. The van der Waals surface area contributed by atoms with Crippen molar-refractivity contribution in [3.63, 3.8) is 0 Å². The summed E-state index contributed by atoms with van der Waals surface area (Å²) in [6, 6.07) is 2.38. The van der Waals surface area contributed by atoms with Gasteiger partial charge in [0.15, 0.2) is 0 Å². The zero-order valence-electron chi connectivity index (χ0n) is 11.1. The second-order valence-corrected chi connectivity index (χ2v) is 5.99. The Morgan fingerprint density at radius 2 is 2.22 bits per heavy atom. The predicted molar refractivity (Wildman–Crippen MR) is 76.5 cm³/mol. The second-order valence-electron chi connectivity index (χ2n) is 5.21. The number of hydrogen-bond donors (Lipinski definition) is 2. The number of hydrazine groups is 1. The van der Waals surface area contributed by atoms with E-state index in [1.54, 1.807) is 11.3 Å². The minimum absolute atomic E-state index is 0.215. The monoisotopic (exact) mass is 268 g/mol. The van der Waals surface area contributed by atoms with Crippen LogP contribution in [0.5, 0.6) is 0 Å². The van der Waals surface area contributed by atoms with Gasteiger partial charge in [-0.1, -0.05) is 19.3 Å². The van der Waals surface area contributed by atoms with Crippen LogP contribution in [0.25, 0.3) is 0 Å². The van der Waals surface area contributed by atoms with E-state index in [1.807, 2.05) is 7.11 Å². The number of ether oxygens (including phenoxy) is 1. The van der Waals surface area contributed by atoms with E-state index >= 15 is 0 Å². The van der Waals surface area contributed by atoms with Crippen LogP contribution in [0, 0.1) is 5.92 Å². The zero-order chi connectivity index (χ0) is 12.8. The molecule has 0 amide bonds. The summed E-state index contributed by atoms with van der Waals surface area (Å²) < 4.78 is 5.75. The SMILES string of the molecule is COC(C1CCCCC1)C(Cc1ccsc1)NN. The first-order valence-corrected chi connectivity index (χ1v) is 7.79. The zero-order valence-corrected chi connectivity index (χ0v) is 11.9. The smallest absolute Gasteiger partial charge is 0.0769 e. The molecule has 18 heavy (non-hydrogen) atoms. The van der Waals surface area contributed by atoms with Gasteiger partial charge in [0.25, 0.3) is 0 Å². The summed E-state index contributed by atoms with van der Waals surface area (Å²) in [5.41, 5.74) is 4.32. The number of methoxy groups -OCH3 is 1. The van der Waals surface area contributed by atoms with E-state index < -0.39 is 0 Å². The van der Waals surface area contributed by atoms with Gasteiger partial charge in [-0.25, -0.2) is 0 Å². The maximum atomic E-state index is 5.75. The van der Waals surface area contributed by atoms with Crippen molar-refractivity contribution in [1.29, 1.82) is 0 Å². The molecule has 1 aromatic rings. The molecule has 2 atom stereocenters. The van der Waals surface area contributed by atoms with Crippen LogP contribution in [0.2, 0.25) is 0 Å². The lowest BCUT2D eigenvalue weighted by molar-refractivity contribution is 0.00829. The molecule has 0 bridgehead atoms. The van der Waals surface area contributed by atoms with Crippen LogP contribution in [0.3, 0.4) is 0 Å². The first-order valence-electron chi connectivity index (χ1n) is 6.85. The first kappa shape index (κ1) is 14.0. The Morgan fingerprint density at radius 1 is 1.44 bits per heavy atom. The number of nitrogens with one attached hydrogen (secondary N) is 1. The summed E-state index contributed by atoms with van der Waals surface area (Å²) in [6.07, 6.45) is 7.78. The summed E-state index contributed by atoms with van der Waals surface area (Å²) >= 11 is 1.74. The average Bonchev–Trinajstić information content (AvgIpc) is 2.92. The molecule has 1 fully saturated rings. The van der Waals surface area contributed by atoms with E-state index in [4.69, 9.17) is 10.6 Å². The summed E-state index contributed by atoms with van der Waals surface area (Å²) in [4.78, 5) is 0. The van der Waals surface area contributed by atoms with Crippen molar-refractivity contribution in [1.82, 2.24) is 5.43 Å². The predicted octanol–water partition coefficient (Wildman–Crippen LogP) is 2.72. The maximum Gasteiger partial charge on any atom is 0.0769 e. The van der Waals surface area contributed by atoms with Crippen molar-refractivity contribution < 1.29 is 4.74 Å². The summed E-state index contributed by atoms with van der Waals surface area (Å²) in [7, 11) is 1.82. The van der Waals surface area contributed by atoms with Crippen molar-refractivity contribution in [2.45, 2.75) is 50.7 Å². The molecule has 0 saturated heterocycles. The van der Waals surface area contributed by atoms with Gasteiger partial charge in [-0.15, -0.1) is 0 Å². The molecule has 1 aliphatic carbocycles.